The standard InChI is InChI=1S/C12H22O4/c1-11(2,15-3)4-5-12(10(13)14)6-8-16-9-7-12/h4-9H2,1-3H3,(H,13,14). The normalized spacial score (nSPS) is 20.7. The van der Waals surface area contributed by atoms with Gasteiger partial charge in [0.2, 0.25) is 0 Å². The first-order valence-corrected chi connectivity index (χ1v) is 5.78. The number of rotatable bonds is 5. The summed E-state index contributed by atoms with van der Waals surface area (Å²) in [6.45, 7) is 5.09. The van der Waals surface area contributed by atoms with Gasteiger partial charge in [0.25, 0.3) is 0 Å². The Morgan fingerprint density at radius 1 is 1.44 bits per heavy atom. The molecule has 16 heavy (non-hydrogen) atoms. The minimum atomic E-state index is -0.692. The van der Waals surface area contributed by atoms with Crippen molar-refractivity contribution in [2.75, 3.05) is 20.3 Å². The van der Waals surface area contributed by atoms with Crippen molar-refractivity contribution in [2.24, 2.45) is 5.41 Å². The lowest BCUT2D eigenvalue weighted by molar-refractivity contribution is -0.156. The molecule has 0 aromatic carbocycles. The first kappa shape index (κ1) is 13.5. The molecule has 0 radical (unpaired) electrons. The largest absolute Gasteiger partial charge is 0.481 e. The first-order chi connectivity index (χ1) is 7.42. The number of carboxylic acid groups (broad SMARTS) is 1. The van der Waals surface area contributed by atoms with Crippen molar-refractivity contribution < 1.29 is 19.4 Å². The molecular formula is C12H22O4. The van der Waals surface area contributed by atoms with Gasteiger partial charge in [-0.3, -0.25) is 4.79 Å². The first-order valence-electron chi connectivity index (χ1n) is 5.78. The van der Waals surface area contributed by atoms with E-state index in [1.165, 1.54) is 0 Å². The molecule has 0 aromatic heterocycles. The Morgan fingerprint density at radius 2 is 2.00 bits per heavy atom. The van der Waals surface area contributed by atoms with Gasteiger partial charge in [-0.05, 0) is 39.5 Å². The minimum absolute atomic E-state index is 0.249. The smallest absolute Gasteiger partial charge is 0.309 e. The van der Waals surface area contributed by atoms with E-state index < -0.39 is 11.4 Å². The van der Waals surface area contributed by atoms with Crippen LogP contribution in [0.15, 0.2) is 0 Å². The summed E-state index contributed by atoms with van der Waals surface area (Å²) in [5.74, 6) is -0.692. The molecule has 4 nitrogen and oxygen atoms in total. The third-order valence-electron chi connectivity index (χ3n) is 3.66. The Kier molecular flexibility index (Phi) is 4.33. The fourth-order valence-corrected chi connectivity index (χ4v) is 1.98. The SMILES string of the molecule is COC(C)(C)CCC1(C(=O)O)CCOCC1. The number of hydrogen-bond donors (Lipinski definition) is 1. The molecule has 0 spiro atoms. The van der Waals surface area contributed by atoms with Gasteiger partial charge in [0, 0.05) is 20.3 Å². The van der Waals surface area contributed by atoms with Crippen LogP contribution in [0.2, 0.25) is 0 Å². The lowest BCUT2D eigenvalue weighted by atomic mass is 9.74. The molecule has 4 heteroatoms. The molecule has 1 saturated heterocycles. The monoisotopic (exact) mass is 230 g/mol. The van der Waals surface area contributed by atoms with E-state index in [0.717, 1.165) is 6.42 Å². The van der Waals surface area contributed by atoms with Gasteiger partial charge in [-0.25, -0.2) is 0 Å². The van der Waals surface area contributed by atoms with Crippen molar-refractivity contribution in [2.45, 2.75) is 45.1 Å². The van der Waals surface area contributed by atoms with Crippen LogP contribution in [0.25, 0.3) is 0 Å². The van der Waals surface area contributed by atoms with Gasteiger partial charge in [-0.1, -0.05) is 0 Å². The minimum Gasteiger partial charge on any atom is -0.481 e. The molecule has 1 fully saturated rings. The van der Waals surface area contributed by atoms with Gasteiger partial charge in [-0.2, -0.15) is 0 Å². The summed E-state index contributed by atoms with van der Waals surface area (Å²) in [7, 11) is 1.66. The second-order valence-corrected chi connectivity index (χ2v) is 5.16. The molecule has 1 rings (SSSR count). The predicted molar refractivity (Wildman–Crippen MR) is 60.4 cm³/mol. The van der Waals surface area contributed by atoms with Crippen molar-refractivity contribution in [3.63, 3.8) is 0 Å². The number of hydrogen-bond acceptors (Lipinski definition) is 3. The van der Waals surface area contributed by atoms with Crippen LogP contribution in [-0.2, 0) is 14.3 Å². The fourth-order valence-electron chi connectivity index (χ4n) is 1.98. The summed E-state index contributed by atoms with van der Waals surface area (Å²) < 4.78 is 10.6. The zero-order valence-corrected chi connectivity index (χ0v) is 10.4. The molecule has 1 aliphatic heterocycles. The summed E-state index contributed by atoms with van der Waals surface area (Å²) >= 11 is 0. The van der Waals surface area contributed by atoms with Gasteiger partial charge in [0.15, 0.2) is 0 Å². The molecule has 0 saturated carbocycles. The van der Waals surface area contributed by atoms with E-state index in [4.69, 9.17) is 9.47 Å². The van der Waals surface area contributed by atoms with Crippen LogP contribution in [0.3, 0.4) is 0 Å². The van der Waals surface area contributed by atoms with E-state index in [0.29, 0.717) is 32.5 Å². The van der Waals surface area contributed by atoms with Gasteiger partial charge >= 0.3 is 5.97 Å². The lowest BCUT2D eigenvalue weighted by Crippen LogP contribution is -2.39. The van der Waals surface area contributed by atoms with Gasteiger partial charge in [-0.15, -0.1) is 0 Å². The van der Waals surface area contributed by atoms with Crippen molar-refractivity contribution in [3.05, 3.63) is 0 Å². The molecule has 1 aliphatic rings. The van der Waals surface area contributed by atoms with Crippen molar-refractivity contribution >= 4 is 5.97 Å². The average molecular weight is 230 g/mol. The van der Waals surface area contributed by atoms with Crippen LogP contribution >= 0.6 is 0 Å². The number of methoxy groups -OCH3 is 1. The van der Waals surface area contributed by atoms with E-state index in [9.17, 15) is 9.90 Å². The van der Waals surface area contributed by atoms with Crippen LogP contribution in [0.1, 0.15) is 39.5 Å². The maximum atomic E-state index is 11.4. The summed E-state index contributed by atoms with van der Waals surface area (Å²) in [6.07, 6.45) is 2.65. The van der Waals surface area contributed by atoms with Crippen molar-refractivity contribution in [1.82, 2.24) is 0 Å². The molecule has 94 valence electrons. The lowest BCUT2D eigenvalue weighted by Gasteiger charge is -2.35. The van der Waals surface area contributed by atoms with Crippen molar-refractivity contribution in [3.8, 4) is 0 Å². The summed E-state index contributed by atoms with van der Waals surface area (Å²) in [5, 5.41) is 9.36. The Bertz CT molecular complexity index is 241. The maximum Gasteiger partial charge on any atom is 0.309 e. The van der Waals surface area contributed by atoms with Gasteiger partial charge < -0.3 is 14.6 Å². The molecule has 0 aromatic rings. The quantitative estimate of drug-likeness (QED) is 0.785. The molecule has 0 atom stereocenters. The van der Waals surface area contributed by atoms with Gasteiger partial charge in [0.1, 0.15) is 0 Å². The zero-order chi connectivity index (χ0) is 12.2. The van der Waals surface area contributed by atoms with Crippen LogP contribution in [0.4, 0.5) is 0 Å². The topological polar surface area (TPSA) is 55.8 Å². The van der Waals surface area contributed by atoms with Crippen LogP contribution in [-0.4, -0.2) is 37.0 Å². The van der Waals surface area contributed by atoms with Gasteiger partial charge in [0.05, 0.1) is 11.0 Å². The molecule has 1 N–H and O–H groups in total. The summed E-state index contributed by atoms with van der Waals surface area (Å²) in [5.41, 5.74) is -0.852. The second kappa shape index (κ2) is 5.15. The van der Waals surface area contributed by atoms with E-state index >= 15 is 0 Å². The van der Waals surface area contributed by atoms with E-state index in [-0.39, 0.29) is 5.60 Å². The number of carboxylic acids is 1. The Morgan fingerprint density at radius 3 is 2.44 bits per heavy atom. The van der Waals surface area contributed by atoms with E-state index in [1.807, 2.05) is 13.8 Å². The van der Waals surface area contributed by atoms with Crippen LogP contribution in [0, 0.1) is 5.41 Å². The summed E-state index contributed by atoms with van der Waals surface area (Å²) in [4.78, 5) is 11.4. The Hall–Kier alpha value is -0.610. The highest BCUT2D eigenvalue weighted by atomic mass is 16.5. The van der Waals surface area contributed by atoms with E-state index in [1.54, 1.807) is 7.11 Å². The molecule has 0 amide bonds. The highest BCUT2D eigenvalue weighted by Crippen LogP contribution is 2.37. The summed E-state index contributed by atoms with van der Waals surface area (Å²) in [6, 6.07) is 0. The molecule has 1 heterocycles. The third-order valence-corrected chi connectivity index (χ3v) is 3.66. The van der Waals surface area contributed by atoms with Crippen LogP contribution < -0.4 is 0 Å². The Labute approximate surface area is 96.9 Å². The number of aliphatic carboxylic acids is 1. The predicted octanol–water partition coefficient (Wildman–Crippen LogP) is 2.07. The molecule has 0 bridgehead atoms. The number of carbonyl (C=O) groups is 1. The Balaban J connectivity index is 2.61. The molecular weight excluding hydrogens is 208 g/mol. The molecule has 0 aliphatic carbocycles. The number of ether oxygens (including phenoxy) is 2. The maximum absolute atomic E-state index is 11.4. The third kappa shape index (κ3) is 3.19. The second-order valence-electron chi connectivity index (χ2n) is 5.16. The van der Waals surface area contributed by atoms with E-state index in [2.05, 4.69) is 0 Å². The highest BCUT2D eigenvalue weighted by molar-refractivity contribution is 5.74. The average Bonchev–Trinajstić information content (AvgIpc) is 2.28. The van der Waals surface area contributed by atoms with Crippen LogP contribution in [0.5, 0.6) is 0 Å². The highest BCUT2D eigenvalue weighted by Gasteiger charge is 2.40. The zero-order valence-electron chi connectivity index (χ0n) is 10.4. The van der Waals surface area contributed by atoms with Crippen molar-refractivity contribution in [1.29, 1.82) is 0 Å². The molecule has 0 unspecified atom stereocenters. The fraction of sp³-hybridized carbons (Fsp3) is 0.917.